The van der Waals surface area contributed by atoms with Crippen LogP contribution < -0.4 is 5.32 Å². The second-order valence-electron chi connectivity index (χ2n) is 6.50. The number of aromatic nitrogens is 2. The molecule has 0 bridgehead atoms. The lowest BCUT2D eigenvalue weighted by molar-refractivity contribution is 0.254. The third kappa shape index (κ3) is 2.67. The van der Waals surface area contributed by atoms with E-state index in [1.54, 1.807) is 0 Å². The standard InChI is InChI=1S/C17H25N3/c1-11(2)14-6-4-5-7-15(14)20-13-8-9-16-17(10-13)19-12(3)18-16/h8-11,14-15,20H,4-7H2,1-3H3,(H,18,19). The predicted molar refractivity (Wildman–Crippen MR) is 85.0 cm³/mol. The second kappa shape index (κ2) is 5.47. The van der Waals surface area contributed by atoms with Crippen molar-refractivity contribution in [1.29, 1.82) is 0 Å². The summed E-state index contributed by atoms with van der Waals surface area (Å²) in [6, 6.07) is 7.08. The minimum Gasteiger partial charge on any atom is -0.382 e. The van der Waals surface area contributed by atoms with Gasteiger partial charge in [0.15, 0.2) is 0 Å². The SMILES string of the molecule is Cc1nc2ccc(NC3CCCCC3C(C)C)cc2[nH]1. The van der Waals surface area contributed by atoms with Crippen molar-refractivity contribution in [1.82, 2.24) is 9.97 Å². The molecule has 20 heavy (non-hydrogen) atoms. The number of fused-ring (bicyclic) bond motifs is 1. The molecule has 0 aliphatic heterocycles. The van der Waals surface area contributed by atoms with Gasteiger partial charge in [0.05, 0.1) is 11.0 Å². The van der Waals surface area contributed by atoms with E-state index in [-0.39, 0.29) is 0 Å². The molecule has 0 spiro atoms. The largest absolute Gasteiger partial charge is 0.382 e. The van der Waals surface area contributed by atoms with Gasteiger partial charge in [-0.25, -0.2) is 4.98 Å². The number of hydrogen-bond donors (Lipinski definition) is 2. The lowest BCUT2D eigenvalue weighted by atomic mass is 9.78. The topological polar surface area (TPSA) is 40.7 Å². The average molecular weight is 271 g/mol. The summed E-state index contributed by atoms with van der Waals surface area (Å²) in [5.41, 5.74) is 3.40. The molecule has 2 N–H and O–H groups in total. The van der Waals surface area contributed by atoms with Crippen molar-refractivity contribution < 1.29 is 0 Å². The molecule has 108 valence electrons. The first-order valence-corrected chi connectivity index (χ1v) is 7.86. The van der Waals surface area contributed by atoms with E-state index >= 15 is 0 Å². The van der Waals surface area contributed by atoms with Gasteiger partial charge in [0.2, 0.25) is 0 Å². The van der Waals surface area contributed by atoms with Gasteiger partial charge >= 0.3 is 0 Å². The van der Waals surface area contributed by atoms with Gasteiger partial charge in [0.1, 0.15) is 5.82 Å². The molecular weight excluding hydrogens is 246 g/mol. The summed E-state index contributed by atoms with van der Waals surface area (Å²) < 4.78 is 0. The Morgan fingerprint density at radius 2 is 2.05 bits per heavy atom. The molecule has 2 atom stereocenters. The number of imidazole rings is 1. The molecule has 1 fully saturated rings. The fraction of sp³-hybridized carbons (Fsp3) is 0.588. The summed E-state index contributed by atoms with van der Waals surface area (Å²) in [4.78, 5) is 7.78. The minimum absolute atomic E-state index is 0.616. The molecule has 1 aromatic carbocycles. The van der Waals surface area contributed by atoms with Crippen LogP contribution in [0.4, 0.5) is 5.69 Å². The van der Waals surface area contributed by atoms with Gasteiger partial charge in [-0.15, -0.1) is 0 Å². The third-order valence-corrected chi connectivity index (χ3v) is 4.63. The van der Waals surface area contributed by atoms with E-state index in [9.17, 15) is 0 Å². The highest BCUT2D eigenvalue weighted by Gasteiger charge is 2.27. The van der Waals surface area contributed by atoms with Crippen LogP contribution in [-0.2, 0) is 0 Å². The number of rotatable bonds is 3. The van der Waals surface area contributed by atoms with Crippen LogP contribution in [0.15, 0.2) is 18.2 Å². The van der Waals surface area contributed by atoms with Crippen molar-refractivity contribution in [3.05, 3.63) is 24.0 Å². The van der Waals surface area contributed by atoms with Crippen LogP contribution in [0.25, 0.3) is 11.0 Å². The Morgan fingerprint density at radius 3 is 2.85 bits per heavy atom. The zero-order chi connectivity index (χ0) is 14.1. The molecule has 3 heteroatoms. The number of H-pyrrole nitrogens is 1. The fourth-order valence-corrected chi connectivity index (χ4v) is 3.58. The summed E-state index contributed by atoms with van der Waals surface area (Å²) in [6.45, 7) is 6.71. The van der Waals surface area contributed by atoms with Crippen molar-refractivity contribution in [3.8, 4) is 0 Å². The lowest BCUT2D eigenvalue weighted by Crippen LogP contribution is -2.35. The van der Waals surface area contributed by atoms with Gasteiger partial charge in [-0.3, -0.25) is 0 Å². The molecular formula is C17H25N3. The van der Waals surface area contributed by atoms with E-state index in [0.717, 1.165) is 28.7 Å². The molecule has 1 aliphatic carbocycles. The Hall–Kier alpha value is -1.51. The summed E-state index contributed by atoms with van der Waals surface area (Å²) in [5.74, 6) is 2.53. The van der Waals surface area contributed by atoms with Crippen LogP contribution in [0.3, 0.4) is 0 Å². The van der Waals surface area contributed by atoms with Crippen LogP contribution in [0, 0.1) is 18.8 Å². The number of anilines is 1. The number of hydrogen-bond acceptors (Lipinski definition) is 2. The Morgan fingerprint density at radius 1 is 1.25 bits per heavy atom. The highest BCUT2D eigenvalue weighted by atomic mass is 14.9. The van der Waals surface area contributed by atoms with Gasteiger partial charge in [-0.2, -0.15) is 0 Å². The Kier molecular flexibility index (Phi) is 3.68. The first-order chi connectivity index (χ1) is 9.63. The Bertz CT molecular complexity index is 585. The molecule has 3 nitrogen and oxygen atoms in total. The van der Waals surface area contributed by atoms with Crippen LogP contribution in [0.5, 0.6) is 0 Å². The molecule has 2 aromatic rings. The van der Waals surface area contributed by atoms with Crippen LogP contribution in [0.2, 0.25) is 0 Å². The molecule has 3 rings (SSSR count). The van der Waals surface area contributed by atoms with Gasteiger partial charge in [0.25, 0.3) is 0 Å². The minimum atomic E-state index is 0.616. The number of benzene rings is 1. The smallest absolute Gasteiger partial charge is 0.104 e. The fourth-order valence-electron chi connectivity index (χ4n) is 3.58. The monoisotopic (exact) mass is 271 g/mol. The van der Waals surface area contributed by atoms with E-state index in [4.69, 9.17) is 0 Å². The molecule has 0 radical (unpaired) electrons. The van der Waals surface area contributed by atoms with E-state index in [1.165, 1.54) is 31.4 Å². The third-order valence-electron chi connectivity index (χ3n) is 4.63. The summed E-state index contributed by atoms with van der Waals surface area (Å²) in [7, 11) is 0. The highest BCUT2D eigenvalue weighted by Crippen LogP contribution is 2.32. The molecule has 0 amide bonds. The van der Waals surface area contributed by atoms with E-state index in [2.05, 4.69) is 47.3 Å². The van der Waals surface area contributed by atoms with Crippen molar-refractivity contribution in [3.63, 3.8) is 0 Å². The molecule has 1 aromatic heterocycles. The molecule has 1 saturated carbocycles. The van der Waals surface area contributed by atoms with E-state index in [1.807, 2.05) is 6.92 Å². The first-order valence-electron chi connectivity index (χ1n) is 7.86. The van der Waals surface area contributed by atoms with Crippen molar-refractivity contribution in [2.75, 3.05) is 5.32 Å². The van der Waals surface area contributed by atoms with Crippen LogP contribution in [0.1, 0.15) is 45.4 Å². The van der Waals surface area contributed by atoms with Crippen molar-refractivity contribution in [2.24, 2.45) is 11.8 Å². The number of nitrogens with one attached hydrogen (secondary N) is 2. The van der Waals surface area contributed by atoms with Gasteiger partial charge < -0.3 is 10.3 Å². The van der Waals surface area contributed by atoms with Crippen molar-refractivity contribution in [2.45, 2.75) is 52.5 Å². The van der Waals surface area contributed by atoms with Crippen LogP contribution >= 0.6 is 0 Å². The molecule has 0 saturated heterocycles. The number of aromatic amines is 1. The summed E-state index contributed by atoms with van der Waals surface area (Å²) in [5, 5.41) is 3.77. The Labute approximate surface area is 121 Å². The maximum atomic E-state index is 4.46. The molecule has 2 unspecified atom stereocenters. The first kappa shape index (κ1) is 13.5. The maximum Gasteiger partial charge on any atom is 0.104 e. The number of aryl methyl sites for hydroxylation is 1. The average Bonchev–Trinajstić information content (AvgIpc) is 2.78. The maximum absolute atomic E-state index is 4.46. The molecule has 1 heterocycles. The highest BCUT2D eigenvalue weighted by molar-refractivity contribution is 5.79. The summed E-state index contributed by atoms with van der Waals surface area (Å²) in [6.07, 6.45) is 5.40. The normalized spacial score (nSPS) is 23.4. The van der Waals surface area contributed by atoms with Gasteiger partial charge in [-0.1, -0.05) is 26.7 Å². The second-order valence-corrected chi connectivity index (χ2v) is 6.50. The van der Waals surface area contributed by atoms with Crippen LogP contribution in [-0.4, -0.2) is 16.0 Å². The van der Waals surface area contributed by atoms with Gasteiger partial charge in [0, 0.05) is 11.7 Å². The predicted octanol–water partition coefficient (Wildman–Crippen LogP) is 4.50. The van der Waals surface area contributed by atoms with E-state index < -0.39 is 0 Å². The lowest BCUT2D eigenvalue weighted by Gasteiger charge is -2.35. The quantitative estimate of drug-likeness (QED) is 0.863. The zero-order valence-corrected chi connectivity index (χ0v) is 12.7. The van der Waals surface area contributed by atoms with E-state index in [0.29, 0.717) is 6.04 Å². The Balaban J connectivity index is 1.80. The van der Waals surface area contributed by atoms with Crippen molar-refractivity contribution >= 4 is 16.7 Å². The number of nitrogens with zero attached hydrogens (tertiary/aromatic N) is 1. The molecule has 1 aliphatic rings. The van der Waals surface area contributed by atoms with Gasteiger partial charge in [-0.05, 0) is 49.8 Å². The zero-order valence-electron chi connectivity index (χ0n) is 12.7. The summed E-state index contributed by atoms with van der Waals surface area (Å²) >= 11 is 0.